The predicted molar refractivity (Wildman–Crippen MR) is 68.1 cm³/mol. The van der Waals surface area contributed by atoms with E-state index < -0.39 is 5.97 Å². The molecule has 0 bridgehead atoms. The molecule has 1 unspecified atom stereocenters. The molecule has 0 saturated carbocycles. The van der Waals surface area contributed by atoms with Crippen LogP contribution in [0.1, 0.15) is 34.5 Å². The fraction of sp³-hybridized carbons (Fsp3) is 0.538. The van der Waals surface area contributed by atoms with Crippen LogP contribution < -0.4 is 5.32 Å². The third-order valence-corrected chi connectivity index (χ3v) is 3.08. The SMILES string of the molecule is Cc1cc(C)c(C(=O)O)c(NCC2CCCO2)n1. The third kappa shape index (κ3) is 2.79. The molecule has 0 amide bonds. The average molecular weight is 250 g/mol. The van der Waals surface area contributed by atoms with Gasteiger partial charge >= 0.3 is 5.97 Å². The summed E-state index contributed by atoms with van der Waals surface area (Å²) < 4.78 is 5.50. The van der Waals surface area contributed by atoms with Crippen LogP contribution in [0.15, 0.2) is 6.07 Å². The minimum Gasteiger partial charge on any atom is -0.478 e. The predicted octanol–water partition coefficient (Wildman–Crippen LogP) is 1.99. The van der Waals surface area contributed by atoms with E-state index >= 15 is 0 Å². The lowest BCUT2D eigenvalue weighted by molar-refractivity contribution is 0.0696. The molecular weight excluding hydrogens is 232 g/mol. The topological polar surface area (TPSA) is 71.5 Å². The molecule has 1 atom stereocenters. The van der Waals surface area contributed by atoms with Crippen LogP contribution in [0.25, 0.3) is 0 Å². The first-order valence-electron chi connectivity index (χ1n) is 6.15. The third-order valence-electron chi connectivity index (χ3n) is 3.08. The van der Waals surface area contributed by atoms with Gasteiger partial charge < -0.3 is 15.2 Å². The maximum absolute atomic E-state index is 11.2. The Balaban J connectivity index is 2.16. The van der Waals surface area contributed by atoms with Gasteiger partial charge in [0.2, 0.25) is 0 Å². The van der Waals surface area contributed by atoms with Crippen molar-refractivity contribution in [2.75, 3.05) is 18.5 Å². The van der Waals surface area contributed by atoms with E-state index in [0.717, 1.165) is 30.7 Å². The summed E-state index contributed by atoms with van der Waals surface area (Å²) >= 11 is 0. The van der Waals surface area contributed by atoms with Crippen molar-refractivity contribution in [3.05, 3.63) is 22.9 Å². The van der Waals surface area contributed by atoms with Crippen molar-refractivity contribution in [3.63, 3.8) is 0 Å². The van der Waals surface area contributed by atoms with Crippen molar-refractivity contribution < 1.29 is 14.6 Å². The van der Waals surface area contributed by atoms with Crippen LogP contribution in [-0.2, 0) is 4.74 Å². The molecule has 1 aliphatic heterocycles. The number of hydrogen-bond acceptors (Lipinski definition) is 4. The Kier molecular flexibility index (Phi) is 3.81. The van der Waals surface area contributed by atoms with Crippen LogP contribution in [0.2, 0.25) is 0 Å². The fourth-order valence-corrected chi connectivity index (χ4v) is 2.25. The highest BCUT2D eigenvalue weighted by molar-refractivity contribution is 5.94. The van der Waals surface area contributed by atoms with Gasteiger partial charge in [-0.05, 0) is 38.3 Å². The number of rotatable bonds is 4. The zero-order valence-corrected chi connectivity index (χ0v) is 10.7. The molecule has 98 valence electrons. The van der Waals surface area contributed by atoms with Crippen molar-refractivity contribution in [2.24, 2.45) is 0 Å². The number of carbonyl (C=O) groups is 1. The van der Waals surface area contributed by atoms with Gasteiger partial charge in [0.1, 0.15) is 11.4 Å². The van der Waals surface area contributed by atoms with E-state index in [1.54, 1.807) is 13.0 Å². The van der Waals surface area contributed by atoms with Gasteiger partial charge in [0.25, 0.3) is 0 Å². The van der Waals surface area contributed by atoms with Crippen molar-refractivity contribution in [1.29, 1.82) is 0 Å². The Bertz CT molecular complexity index is 454. The maximum atomic E-state index is 11.2. The normalized spacial score (nSPS) is 18.9. The zero-order valence-electron chi connectivity index (χ0n) is 10.7. The second-order valence-electron chi connectivity index (χ2n) is 4.63. The number of pyridine rings is 1. The number of aryl methyl sites for hydroxylation is 2. The molecule has 0 aliphatic carbocycles. The summed E-state index contributed by atoms with van der Waals surface area (Å²) in [6.45, 7) is 5.04. The molecule has 5 nitrogen and oxygen atoms in total. The molecule has 0 radical (unpaired) electrons. The maximum Gasteiger partial charge on any atom is 0.339 e. The second kappa shape index (κ2) is 5.35. The molecule has 1 saturated heterocycles. The number of nitrogens with zero attached hydrogens (tertiary/aromatic N) is 1. The van der Waals surface area contributed by atoms with Gasteiger partial charge in [-0.25, -0.2) is 9.78 Å². The van der Waals surface area contributed by atoms with Gasteiger partial charge in [-0.3, -0.25) is 0 Å². The molecular formula is C13H18N2O3. The van der Waals surface area contributed by atoms with Crippen molar-refractivity contribution in [1.82, 2.24) is 4.98 Å². The Hall–Kier alpha value is -1.62. The van der Waals surface area contributed by atoms with Gasteiger partial charge in [-0.1, -0.05) is 0 Å². The molecule has 1 aliphatic rings. The molecule has 0 aromatic carbocycles. The quantitative estimate of drug-likeness (QED) is 0.855. The molecule has 2 heterocycles. The monoisotopic (exact) mass is 250 g/mol. The first-order valence-corrected chi connectivity index (χ1v) is 6.15. The van der Waals surface area contributed by atoms with Gasteiger partial charge in [-0.2, -0.15) is 0 Å². The average Bonchev–Trinajstić information content (AvgIpc) is 2.77. The number of carboxylic acid groups (broad SMARTS) is 1. The van der Waals surface area contributed by atoms with Crippen molar-refractivity contribution in [3.8, 4) is 0 Å². The van der Waals surface area contributed by atoms with Crippen LogP contribution in [0.3, 0.4) is 0 Å². The summed E-state index contributed by atoms with van der Waals surface area (Å²) in [5.74, 6) is -0.509. The number of aromatic nitrogens is 1. The van der Waals surface area contributed by atoms with E-state index in [9.17, 15) is 9.90 Å². The van der Waals surface area contributed by atoms with Gasteiger partial charge in [-0.15, -0.1) is 0 Å². The zero-order chi connectivity index (χ0) is 13.1. The number of carboxylic acids is 1. The Labute approximate surface area is 106 Å². The van der Waals surface area contributed by atoms with Gasteiger partial charge in [0.15, 0.2) is 0 Å². The molecule has 1 fully saturated rings. The molecule has 5 heteroatoms. The number of anilines is 1. The summed E-state index contributed by atoms with van der Waals surface area (Å²) in [5, 5.41) is 12.3. The molecule has 2 rings (SSSR count). The van der Waals surface area contributed by atoms with Gasteiger partial charge in [0.05, 0.1) is 6.10 Å². The van der Waals surface area contributed by atoms with E-state index in [4.69, 9.17) is 4.74 Å². The molecule has 1 aromatic heterocycles. The van der Waals surface area contributed by atoms with E-state index in [-0.39, 0.29) is 11.7 Å². The highest BCUT2D eigenvalue weighted by Crippen LogP contribution is 2.20. The number of aromatic carboxylic acids is 1. The van der Waals surface area contributed by atoms with Crippen LogP contribution in [-0.4, -0.2) is 35.3 Å². The minimum atomic E-state index is -0.949. The molecule has 1 aromatic rings. The Morgan fingerprint density at radius 2 is 2.39 bits per heavy atom. The van der Waals surface area contributed by atoms with E-state index in [1.807, 2.05) is 6.92 Å². The lowest BCUT2D eigenvalue weighted by Gasteiger charge is -2.14. The molecule has 2 N–H and O–H groups in total. The lowest BCUT2D eigenvalue weighted by atomic mass is 10.1. The summed E-state index contributed by atoms with van der Waals surface area (Å²) in [7, 11) is 0. The van der Waals surface area contributed by atoms with E-state index in [0.29, 0.717) is 12.4 Å². The fourth-order valence-electron chi connectivity index (χ4n) is 2.25. The van der Waals surface area contributed by atoms with E-state index in [1.165, 1.54) is 0 Å². The summed E-state index contributed by atoms with van der Waals surface area (Å²) in [6, 6.07) is 1.78. The molecule has 0 spiro atoms. The summed E-state index contributed by atoms with van der Waals surface area (Å²) in [6.07, 6.45) is 2.24. The number of nitrogens with one attached hydrogen (secondary N) is 1. The van der Waals surface area contributed by atoms with Crippen LogP contribution in [0.4, 0.5) is 5.82 Å². The van der Waals surface area contributed by atoms with Crippen molar-refractivity contribution >= 4 is 11.8 Å². The van der Waals surface area contributed by atoms with E-state index in [2.05, 4.69) is 10.3 Å². The Morgan fingerprint density at radius 3 is 3.00 bits per heavy atom. The summed E-state index contributed by atoms with van der Waals surface area (Å²) in [5.41, 5.74) is 1.79. The van der Waals surface area contributed by atoms with Crippen molar-refractivity contribution in [2.45, 2.75) is 32.8 Å². The van der Waals surface area contributed by atoms with Crippen LogP contribution in [0, 0.1) is 13.8 Å². The smallest absolute Gasteiger partial charge is 0.339 e. The second-order valence-corrected chi connectivity index (χ2v) is 4.63. The summed E-state index contributed by atoms with van der Waals surface area (Å²) in [4.78, 5) is 15.5. The largest absolute Gasteiger partial charge is 0.478 e. The Morgan fingerprint density at radius 1 is 1.61 bits per heavy atom. The number of ether oxygens (including phenoxy) is 1. The molecule has 18 heavy (non-hydrogen) atoms. The van der Waals surface area contributed by atoms with Gasteiger partial charge in [0, 0.05) is 18.8 Å². The first kappa shape index (κ1) is 12.8. The highest BCUT2D eigenvalue weighted by Gasteiger charge is 2.19. The highest BCUT2D eigenvalue weighted by atomic mass is 16.5. The van der Waals surface area contributed by atoms with Crippen LogP contribution in [0.5, 0.6) is 0 Å². The standard InChI is InChI=1S/C13H18N2O3/c1-8-6-9(2)15-12(11(8)13(16)17)14-7-10-4-3-5-18-10/h6,10H,3-5,7H2,1-2H3,(H,14,15)(H,16,17). The van der Waals surface area contributed by atoms with Crippen LogP contribution >= 0.6 is 0 Å². The lowest BCUT2D eigenvalue weighted by Crippen LogP contribution is -2.21. The number of hydrogen-bond donors (Lipinski definition) is 2. The first-order chi connectivity index (χ1) is 8.58. The minimum absolute atomic E-state index is 0.161.